The van der Waals surface area contributed by atoms with E-state index in [0.717, 1.165) is 10.6 Å². The van der Waals surface area contributed by atoms with Gasteiger partial charge in [0, 0.05) is 40.7 Å². The molecule has 0 aliphatic rings. The van der Waals surface area contributed by atoms with E-state index in [1.807, 2.05) is 30.3 Å². The molecule has 2 aromatic rings. The van der Waals surface area contributed by atoms with Gasteiger partial charge in [0.2, 0.25) is 0 Å². The van der Waals surface area contributed by atoms with Crippen LogP contribution >= 0.6 is 23.7 Å². The largest absolute Gasteiger partial charge is 0.350 e. The Bertz CT molecular complexity index is 635. The number of nitrogens with two attached hydrogens (primary N) is 1. The predicted octanol–water partition coefficient (Wildman–Crippen LogP) is 1.74. The second-order valence-electron chi connectivity index (χ2n) is 4.69. The first-order chi connectivity index (χ1) is 10.7. The molecule has 1 aromatic heterocycles. The van der Waals surface area contributed by atoms with Crippen LogP contribution in [0.1, 0.15) is 21.1 Å². The number of nitrogens with one attached hydrogen (secondary N) is 1. The number of aromatic nitrogens is 1. The Kier molecular flexibility index (Phi) is 9.01. The lowest BCUT2D eigenvalue weighted by molar-refractivity contribution is 0.0951. The summed E-state index contributed by atoms with van der Waals surface area (Å²) in [6.07, 6.45) is 0.680. The number of hydrogen-bond donors (Lipinski definition) is 2. The molecule has 23 heavy (non-hydrogen) atoms. The summed E-state index contributed by atoms with van der Waals surface area (Å²) in [4.78, 5) is 16.1. The molecule has 3 N–H and O–H groups in total. The average molecular weight is 374 g/mol. The Morgan fingerprint density at radius 3 is 2.74 bits per heavy atom. The van der Waals surface area contributed by atoms with Crippen molar-refractivity contribution in [2.24, 2.45) is 5.73 Å². The molecular weight excluding hydrogens is 354 g/mol. The van der Waals surface area contributed by atoms with E-state index >= 15 is 0 Å². The van der Waals surface area contributed by atoms with E-state index in [-0.39, 0.29) is 18.3 Å². The number of rotatable bonds is 8. The first-order valence-corrected chi connectivity index (χ1v) is 9.37. The minimum absolute atomic E-state index is 0. The molecule has 0 bridgehead atoms. The first-order valence-electron chi connectivity index (χ1n) is 7.00. The van der Waals surface area contributed by atoms with E-state index in [0.29, 0.717) is 36.7 Å². The highest BCUT2D eigenvalue weighted by Crippen LogP contribution is 2.09. The fraction of sp³-hybridized carbons (Fsp3) is 0.333. The van der Waals surface area contributed by atoms with Gasteiger partial charge in [0.15, 0.2) is 0 Å². The molecule has 0 aliphatic carbocycles. The summed E-state index contributed by atoms with van der Waals surface area (Å²) < 4.78 is 12.0. The maximum Gasteiger partial charge on any atom is 0.270 e. The molecule has 1 atom stereocenters. The van der Waals surface area contributed by atoms with Crippen molar-refractivity contribution in [2.75, 3.05) is 18.8 Å². The third-order valence-electron chi connectivity index (χ3n) is 2.93. The number of thiazole rings is 1. The Morgan fingerprint density at radius 1 is 1.30 bits per heavy atom. The van der Waals surface area contributed by atoms with Crippen molar-refractivity contribution in [2.45, 2.75) is 12.2 Å². The van der Waals surface area contributed by atoms with E-state index in [9.17, 15) is 9.00 Å². The number of halogens is 1. The smallest absolute Gasteiger partial charge is 0.270 e. The second kappa shape index (κ2) is 10.5. The quantitative estimate of drug-likeness (QED) is 0.738. The summed E-state index contributed by atoms with van der Waals surface area (Å²) in [7, 11) is -0.991. The Hall–Kier alpha value is -1.28. The van der Waals surface area contributed by atoms with Crippen molar-refractivity contribution in [1.29, 1.82) is 0 Å². The molecule has 5 nitrogen and oxygen atoms in total. The molecule has 2 rings (SSSR count). The number of carbonyl (C=O) groups is 1. The van der Waals surface area contributed by atoms with Gasteiger partial charge in [0.05, 0.1) is 5.01 Å². The van der Waals surface area contributed by atoms with E-state index in [1.165, 1.54) is 11.3 Å². The predicted molar refractivity (Wildman–Crippen MR) is 97.6 cm³/mol. The van der Waals surface area contributed by atoms with Gasteiger partial charge < -0.3 is 11.1 Å². The minimum Gasteiger partial charge on any atom is -0.350 e. The zero-order chi connectivity index (χ0) is 15.8. The van der Waals surface area contributed by atoms with Crippen LogP contribution in [-0.2, 0) is 23.0 Å². The van der Waals surface area contributed by atoms with Gasteiger partial charge in [0.25, 0.3) is 5.91 Å². The minimum atomic E-state index is -0.991. The third kappa shape index (κ3) is 6.78. The maximum absolute atomic E-state index is 12.0. The summed E-state index contributed by atoms with van der Waals surface area (Å²) >= 11 is 1.43. The molecule has 0 radical (unpaired) electrons. The lowest BCUT2D eigenvalue weighted by Crippen LogP contribution is -2.28. The summed E-state index contributed by atoms with van der Waals surface area (Å²) in [5.74, 6) is 0.713. The fourth-order valence-electron chi connectivity index (χ4n) is 1.85. The Morgan fingerprint density at radius 2 is 2.04 bits per heavy atom. The van der Waals surface area contributed by atoms with Gasteiger partial charge in [-0.15, -0.1) is 23.7 Å². The van der Waals surface area contributed by atoms with Gasteiger partial charge in [-0.05, 0) is 12.1 Å². The average Bonchev–Trinajstić information content (AvgIpc) is 2.97. The van der Waals surface area contributed by atoms with Crippen molar-refractivity contribution < 1.29 is 9.00 Å². The van der Waals surface area contributed by atoms with Gasteiger partial charge in [-0.1, -0.05) is 30.3 Å². The summed E-state index contributed by atoms with van der Waals surface area (Å²) in [6, 6.07) is 9.68. The van der Waals surface area contributed by atoms with Gasteiger partial charge >= 0.3 is 0 Å². The third-order valence-corrected chi connectivity index (χ3v) is 5.15. The SMILES string of the molecule is Cl.NCCc1nc(C(=O)NCCS(=O)Cc2ccccc2)cs1. The van der Waals surface area contributed by atoms with Crippen molar-refractivity contribution in [3.63, 3.8) is 0 Å². The van der Waals surface area contributed by atoms with Gasteiger partial charge in [-0.3, -0.25) is 9.00 Å². The Labute approximate surface area is 148 Å². The summed E-state index contributed by atoms with van der Waals surface area (Å²) in [6.45, 7) is 0.898. The van der Waals surface area contributed by atoms with Crippen LogP contribution in [-0.4, -0.2) is 33.9 Å². The number of nitrogens with zero attached hydrogens (tertiary/aromatic N) is 1. The molecule has 1 amide bonds. The Balaban J connectivity index is 0.00000264. The number of carbonyl (C=O) groups excluding carboxylic acids is 1. The second-order valence-corrected chi connectivity index (χ2v) is 7.21. The molecule has 0 aliphatic heterocycles. The lowest BCUT2D eigenvalue weighted by Gasteiger charge is -2.04. The normalized spacial score (nSPS) is 11.5. The molecule has 1 aromatic carbocycles. The zero-order valence-corrected chi connectivity index (χ0v) is 15.0. The molecule has 0 spiro atoms. The molecule has 0 fully saturated rings. The van der Waals surface area contributed by atoms with E-state index in [4.69, 9.17) is 5.73 Å². The molecule has 0 saturated carbocycles. The maximum atomic E-state index is 12.0. The van der Waals surface area contributed by atoms with Crippen LogP contribution in [0.15, 0.2) is 35.7 Å². The van der Waals surface area contributed by atoms with Crippen molar-refractivity contribution in [3.05, 3.63) is 52.0 Å². The van der Waals surface area contributed by atoms with Crippen molar-refractivity contribution >= 4 is 40.5 Å². The van der Waals surface area contributed by atoms with E-state index in [1.54, 1.807) is 5.38 Å². The highest BCUT2D eigenvalue weighted by Gasteiger charge is 2.10. The van der Waals surface area contributed by atoms with Crippen LogP contribution in [0, 0.1) is 0 Å². The van der Waals surface area contributed by atoms with Crippen LogP contribution < -0.4 is 11.1 Å². The van der Waals surface area contributed by atoms with E-state index in [2.05, 4.69) is 10.3 Å². The highest BCUT2D eigenvalue weighted by atomic mass is 35.5. The monoisotopic (exact) mass is 373 g/mol. The molecule has 8 heteroatoms. The van der Waals surface area contributed by atoms with E-state index < -0.39 is 10.8 Å². The van der Waals surface area contributed by atoms with Gasteiger partial charge in [0.1, 0.15) is 5.69 Å². The van der Waals surface area contributed by atoms with Gasteiger partial charge in [-0.2, -0.15) is 0 Å². The van der Waals surface area contributed by atoms with Crippen molar-refractivity contribution in [1.82, 2.24) is 10.3 Å². The van der Waals surface area contributed by atoms with Crippen LogP contribution in [0.5, 0.6) is 0 Å². The molecule has 1 unspecified atom stereocenters. The fourth-order valence-corrected chi connectivity index (χ4v) is 3.69. The molecule has 1 heterocycles. The number of hydrogen-bond acceptors (Lipinski definition) is 5. The summed E-state index contributed by atoms with van der Waals surface area (Å²) in [5.41, 5.74) is 6.90. The molecular formula is C15H20ClN3O2S2. The summed E-state index contributed by atoms with van der Waals surface area (Å²) in [5, 5.41) is 5.34. The van der Waals surface area contributed by atoms with Crippen molar-refractivity contribution in [3.8, 4) is 0 Å². The lowest BCUT2D eigenvalue weighted by atomic mass is 10.2. The van der Waals surface area contributed by atoms with Crippen LogP contribution in [0.4, 0.5) is 0 Å². The molecule has 0 saturated heterocycles. The van der Waals surface area contributed by atoms with Gasteiger partial charge in [-0.25, -0.2) is 4.98 Å². The zero-order valence-electron chi connectivity index (χ0n) is 12.6. The standard InChI is InChI=1S/C15H19N3O2S2.ClH/c16-7-6-14-18-13(10-21-14)15(19)17-8-9-22(20)11-12-4-2-1-3-5-12;/h1-5,10H,6-9,11,16H2,(H,17,19);1H. The first kappa shape index (κ1) is 19.8. The topological polar surface area (TPSA) is 85.1 Å². The number of benzene rings is 1. The molecule has 126 valence electrons. The van der Waals surface area contributed by atoms with Crippen LogP contribution in [0.3, 0.4) is 0 Å². The highest BCUT2D eigenvalue weighted by molar-refractivity contribution is 7.84. The van der Waals surface area contributed by atoms with Crippen LogP contribution in [0.25, 0.3) is 0 Å². The number of amides is 1. The van der Waals surface area contributed by atoms with Crippen LogP contribution in [0.2, 0.25) is 0 Å².